The molecular weight excluding hydrogens is 154 g/mol. The third kappa shape index (κ3) is 1.48. The largest absolute Gasteiger partial charge is 0.339 e. The number of hydrogen-bond donors (Lipinski definition) is 1. The van der Waals surface area contributed by atoms with Crippen LogP contribution in [0.2, 0.25) is 0 Å². The van der Waals surface area contributed by atoms with Crippen LogP contribution in [0.3, 0.4) is 0 Å². The third-order valence-corrected chi connectivity index (χ3v) is 2.50. The molecule has 1 fully saturated rings. The van der Waals surface area contributed by atoms with Gasteiger partial charge in [-0.3, -0.25) is 0 Å². The van der Waals surface area contributed by atoms with Gasteiger partial charge in [0.15, 0.2) is 6.33 Å². The Morgan fingerprint density at radius 2 is 2.08 bits per heavy atom. The maximum atomic E-state index is 5.78. The van der Waals surface area contributed by atoms with E-state index < -0.39 is 0 Å². The zero-order valence-electron chi connectivity index (χ0n) is 6.94. The number of nitrogens with two attached hydrogens (primary N) is 1. The summed E-state index contributed by atoms with van der Waals surface area (Å²) < 4.78 is 5.01. The molecule has 1 aromatic rings. The number of aromatic nitrogens is 2. The lowest BCUT2D eigenvalue weighted by Gasteiger charge is -2.22. The standard InChI is InChI=1S/C8H13N3O/c9-7-3-1-6(2-4-7)8-10-5-11-12-8/h5-7H,1-4,9H2. The summed E-state index contributed by atoms with van der Waals surface area (Å²) in [7, 11) is 0. The van der Waals surface area contributed by atoms with E-state index in [1.807, 2.05) is 0 Å². The van der Waals surface area contributed by atoms with Crippen molar-refractivity contribution in [1.82, 2.24) is 10.1 Å². The lowest BCUT2D eigenvalue weighted by atomic mass is 9.86. The summed E-state index contributed by atoms with van der Waals surface area (Å²) in [6.07, 6.45) is 5.79. The van der Waals surface area contributed by atoms with Crippen molar-refractivity contribution in [2.75, 3.05) is 0 Å². The van der Waals surface area contributed by atoms with Gasteiger partial charge in [0, 0.05) is 12.0 Å². The van der Waals surface area contributed by atoms with E-state index in [-0.39, 0.29) is 0 Å². The van der Waals surface area contributed by atoms with E-state index >= 15 is 0 Å². The third-order valence-electron chi connectivity index (χ3n) is 2.50. The minimum atomic E-state index is 0.379. The molecule has 4 heteroatoms. The molecule has 0 aromatic carbocycles. The van der Waals surface area contributed by atoms with E-state index in [9.17, 15) is 0 Å². The van der Waals surface area contributed by atoms with Crippen LogP contribution in [0.5, 0.6) is 0 Å². The Balaban J connectivity index is 1.99. The van der Waals surface area contributed by atoms with Gasteiger partial charge in [-0.05, 0) is 25.7 Å². The van der Waals surface area contributed by atoms with Gasteiger partial charge >= 0.3 is 0 Å². The van der Waals surface area contributed by atoms with Gasteiger partial charge < -0.3 is 10.3 Å². The Hall–Kier alpha value is -0.900. The van der Waals surface area contributed by atoms with E-state index in [0.717, 1.165) is 31.6 Å². The van der Waals surface area contributed by atoms with Gasteiger partial charge in [0.1, 0.15) is 0 Å². The molecule has 0 saturated heterocycles. The predicted octanol–water partition coefficient (Wildman–Crippen LogP) is 1.05. The molecule has 0 unspecified atom stereocenters. The second-order valence-electron chi connectivity index (χ2n) is 3.39. The van der Waals surface area contributed by atoms with Crippen molar-refractivity contribution in [2.45, 2.75) is 37.6 Å². The zero-order chi connectivity index (χ0) is 8.39. The molecule has 1 aliphatic rings. The first kappa shape index (κ1) is 7.73. The highest BCUT2D eigenvalue weighted by Gasteiger charge is 2.23. The van der Waals surface area contributed by atoms with Gasteiger partial charge in [-0.2, -0.15) is 4.98 Å². The first-order valence-corrected chi connectivity index (χ1v) is 4.38. The first-order valence-electron chi connectivity index (χ1n) is 4.38. The van der Waals surface area contributed by atoms with Crippen LogP contribution in [-0.2, 0) is 0 Å². The minimum Gasteiger partial charge on any atom is -0.339 e. The van der Waals surface area contributed by atoms with Gasteiger partial charge in [-0.1, -0.05) is 5.16 Å². The smallest absolute Gasteiger partial charge is 0.229 e. The quantitative estimate of drug-likeness (QED) is 0.679. The lowest BCUT2D eigenvalue weighted by Crippen LogP contribution is -2.25. The lowest BCUT2D eigenvalue weighted by molar-refractivity contribution is 0.301. The fraction of sp³-hybridized carbons (Fsp3) is 0.750. The number of rotatable bonds is 1. The van der Waals surface area contributed by atoms with Gasteiger partial charge in [-0.15, -0.1) is 0 Å². The van der Waals surface area contributed by atoms with Crippen molar-refractivity contribution in [2.24, 2.45) is 5.73 Å². The molecule has 1 saturated carbocycles. The molecule has 2 rings (SSSR count). The Morgan fingerprint density at radius 1 is 1.33 bits per heavy atom. The van der Waals surface area contributed by atoms with Crippen molar-refractivity contribution in [3.8, 4) is 0 Å². The highest BCUT2D eigenvalue weighted by molar-refractivity contribution is 4.92. The Bertz CT molecular complexity index is 226. The highest BCUT2D eigenvalue weighted by Crippen LogP contribution is 2.30. The SMILES string of the molecule is NC1CCC(c2ncno2)CC1. The van der Waals surface area contributed by atoms with Gasteiger partial charge in [-0.25, -0.2) is 0 Å². The monoisotopic (exact) mass is 167 g/mol. The first-order chi connectivity index (χ1) is 5.86. The zero-order valence-corrected chi connectivity index (χ0v) is 6.94. The summed E-state index contributed by atoms with van der Waals surface area (Å²) in [5.41, 5.74) is 5.78. The van der Waals surface area contributed by atoms with E-state index in [4.69, 9.17) is 10.3 Å². The topological polar surface area (TPSA) is 64.9 Å². The van der Waals surface area contributed by atoms with Gasteiger partial charge in [0.25, 0.3) is 0 Å². The van der Waals surface area contributed by atoms with Crippen LogP contribution >= 0.6 is 0 Å². The summed E-state index contributed by atoms with van der Waals surface area (Å²) in [5.74, 6) is 1.23. The Morgan fingerprint density at radius 3 is 2.67 bits per heavy atom. The molecule has 0 spiro atoms. The molecule has 1 heterocycles. The fourth-order valence-corrected chi connectivity index (χ4v) is 1.73. The predicted molar refractivity (Wildman–Crippen MR) is 43.5 cm³/mol. The van der Waals surface area contributed by atoms with Crippen LogP contribution in [0.25, 0.3) is 0 Å². The summed E-state index contributed by atoms with van der Waals surface area (Å²) in [6.45, 7) is 0. The molecular formula is C8H13N3O. The van der Waals surface area contributed by atoms with Crippen LogP contribution in [0.1, 0.15) is 37.5 Å². The normalized spacial score (nSPS) is 30.4. The second kappa shape index (κ2) is 3.23. The summed E-state index contributed by atoms with van der Waals surface area (Å²) >= 11 is 0. The number of hydrogen-bond acceptors (Lipinski definition) is 4. The average Bonchev–Trinajstić information content (AvgIpc) is 2.58. The summed E-state index contributed by atoms with van der Waals surface area (Å²) in [4.78, 5) is 4.05. The van der Waals surface area contributed by atoms with Crippen LogP contribution < -0.4 is 5.73 Å². The molecule has 0 radical (unpaired) electrons. The highest BCUT2D eigenvalue weighted by atomic mass is 16.5. The van der Waals surface area contributed by atoms with Crippen LogP contribution in [0.4, 0.5) is 0 Å². The van der Waals surface area contributed by atoms with Crippen LogP contribution in [0.15, 0.2) is 10.9 Å². The van der Waals surface area contributed by atoms with E-state index in [1.54, 1.807) is 0 Å². The number of nitrogens with zero attached hydrogens (tertiary/aromatic N) is 2. The molecule has 66 valence electrons. The molecule has 1 aliphatic carbocycles. The molecule has 0 bridgehead atoms. The van der Waals surface area contributed by atoms with Gasteiger partial charge in [0.2, 0.25) is 5.89 Å². The summed E-state index contributed by atoms with van der Waals surface area (Å²) in [5, 5.41) is 3.60. The summed E-state index contributed by atoms with van der Waals surface area (Å²) in [6, 6.07) is 0.379. The minimum absolute atomic E-state index is 0.379. The van der Waals surface area contributed by atoms with Crippen molar-refractivity contribution >= 4 is 0 Å². The molecule has 12 heavy (non-hydrogen) atoms. The average molecular weight is 167 g/mol. The fourth-order valence-electron chi connectivity index (χ4n) is 1.73. The van der Waals surface area contributed by atoms with Crippen molar-refractivity contribution in [3.05, 3.63) is 12.2 Å². The molecule has 4 nitrogen and oxygen atoms in total. The second-order valence-corrected chi connectivity index (χ2v) is 3.39. The van der Waals surface area contributed by atoms with Gasteiger partial charge in [0.05, 0.1) is 0 Å². The maximum absolute atomic E-state index is 5.78. The molecule has 2 N–H and O–H groups in total. The Labute approximate surface area is 71.1 Å². The maximum Gasteiger partial charge on any atom is 0.229 e. The molecule has 0 atom stereocenters. The van der Waals surface area contributed by atoms with Crippen LogP contribution in [0, 0.1) is 0 Å². The van der Waals surface area contributed by atoms with Crippen molar-refractivity contribution in [1.29, 1.82) is 0 Å². The van der Waals surface area contributed by atoms with E-state index in [0.29, 0.717) is 12.0 Å². The molecule has 0 amide bonds. The molecule has 1 aromatic heterocycles. The van der Waals surface area contributed by atoms with Crippen molar-refractivity contribution < 1.29 is 4.52 Å². The Kier molecular flexibility index (Phi) is 2.08. The van der Waals surface area contributed by atoms with Crippen molar-refractivity contribution in [3.63, 3.8) is 0 Å². The van der Waals surface area contributed by atoms with E-state index in [2.05, 4.69) is 10.1 Å². The van der Waals surface area contributed by atoms with E-state index in [1.165, 1.54) is 6.33 Å². The van der Waals surface area contributed by atoms with Crippen LogP contribution in [-0.4, -0.2) is 16.2 Å². The molecule has 0 aliphatic heterocycles.